The van der Waals surface area contributed by atoms with E-state index in [2.05, 4.69) is 26.3 Å². The van der Waals surface area contributed by atoms with Crippen LogP contribution in [0, 0.1) is 5.82 Å². The molecule has 2 aromatic rings. The van der Waals surface area contributed by atoms with Crippen molar-refractivity contribution >= 4 is 32.4 Å². The van der Waals surface area contributed by atoms with E-state index in [0.29, 0.717) is 16.4 Å². The van der Waals surface area contributed by atoms with Gasteiger partial charge in [0.15, 0.2) is 5.13 Å². The van der Waals surface area contributed by atoms with E-state index in [0.717, 1.165) is 4.47 Å². The van der Waals surface area contributed by atoms with Gasteiger partial charge in [-0.25, -0.2) is 15.2 Å². The number of nitrogens with one attached hydrogen (secondary N) is 1. The van der Waals surface area contributed by atoms with Gasteiger partial charge in [0.25, 0.3) is 0 Å². The van der Waals surface area contributed by atoms with E-state index in [1.165, 1.54) is 17.4 Å². The van der Waals surface area contributed by atoms with Crippen LogP contribution in [0.5, 0.6) is 0 Å². The Bertz CT molecular complexity index is 486. The summed E-state index contributed by atoms with van der Waals surface area (Å²) in [6.07, 6.45) is 0. The Labute approximate surface area is 98.2 Å². The molecule has 0 amide bonds. The Hall–Kier alpha value is -0.980. The molecule has 1 heterocycles. The molecular weight excluding hydrogens is 281 g/mol. The molecule has 0 bridgehead atoms. The number of nitrogens with zero attached hydrogens (tertiary/aromatic N) is 1. The molecule has 78 valence electrons. The highest BCUT2D eigenvalue weighted by molar-refractivity contribution is 9.10. The average molecular weight is 288 g/mol. The lowest BCUT2D eigenvalue weighted by atomic mass is 10.2. The number of hydrogen-bond acceptors (Lipinski definition) is 4. The predicted octanol–water partition coefficient (Wildman–Crippen LogP) is 3.00. The number of halogens is 2. The van der Waals surface area contributed by atoms with Crippen LogP contribution in [0.3, 0.4) is 0 Å². The molecule has 0 radical (unpaired) electrons. The number of aromatic nitrogens is 1. The molecule has 0 atom stereocenters. The first-order valence-electron chi connectivity index (χ1n) is 4.08. The van der Waals surface area contributed by atoms with Gasteiger partial charge in [-0.15, -0.1) is 11.3 Å². The second kappa shape index (κ2) is 4.26. The summed E-state index contributed by atoms with van der Waals surface area (Å²) in [7, 11) is 0. The Kier molecular flexibility index (Phi) is 2.99. The molecule has 3 nitrogen and oxygen atoms in total. The van der Waals surface area contributed by atoms with Gasteiger partial charge >= 0.3 is 0 Å². The number of nitrogens with two attached hydrogens (primary N) is 1. The van der Waals surface area contributed by atoms with Crippen molar-refractivity contribution in [2.24, 2.45) is 5.84 Å². The van der Waals surface area contributed by atoms with Gasteiger partial charge in [0.2, 0.25) is 0 Å². The van der Waals surface area contributed by atoms with E-state index >= 15 is 0 Å². The summed E-state index contributed by atoms with van der Waals surface area (Å²) in [4.78, 5) is 4.12. The third-order valence-electron chi connectivity index (χ3n) is 1.83. The standard InChI is InChI=1S/C9H7BrFN3S/c10-5-1-2-7(11)6(3-5)8-4-15-9(13-8)14-12/h1-4H,12H2,(H,13,14). The van der Waals surface area contributed by atoms with Crippen LogP contribution in [-0.2, 0) is 0 Å². The van der Waals surface area contributed by atoms with Gasteiger partial charge in [-0.2, -0.15) is 0 Å². The Morgan fingerprint density at radius 1 is 1.47 bits per heavy atom. The van der Waals surface area contributed by atoms with Crippen molar-refractivity contribution in [3.05, 3.63) is 33.9 Å². The molecule has 3 N–H and O–H groups in total. The molecule has 0 fully saturated rings. The molecule has 6 heteroatoms. The number of hydrazine groups is 1. The van der Waals surface area contributed by atoms with Crippen molar-refractivity contribution in [3.63, 3.8) is 0 Å². The Balaban J connectivity index is 2.48. The summed E-state index contributed by atoms with van der Waals surface area (Å²) >= 11 is 4.62. The van der Waals surface area contributed by atoms with Gasteiger partial charge in [0.1, 0.15) is 5.82 Å². The molecule has 15 heavy (non-hydrogen) atoms. The van der Waals surface area contributed by atoms with Gasteiger partial charge < -0.3 is 0 Å². The SMILES string of the molecule is NNc1nc(-c2cc(Br)ccc2F)cs1. The van der Waals surface area contributed by atoms with Crippen molar-refractivity contribution in [2.45, 2.75) is 0 Å². The van der Waals surface area contributed by atoms with E-state index in [4.69, 9.17) is 5.84 Å². The zero-order valence-corrected chi connectivity index (χ0v) is 9.90. The number of anilines is 1. The van der Waals surface area contributed by atoms with Crippen molar-refractivity contribution in [2.75, 3.05) is 5.43 Å². The van der Waals surface area contributed by atoms with Gasteiger partial charge in [0, 0.05) is 15.4 Å². The van der Waals surface area contributed by atoms with Crippen LogP contribution in [0.4, 0.5) is 9.52 Å². The highest BCUT2D eigenvalue weighted by Crippen LogP contribution is 2.28. The third kappa shape index (κ3) is 2.17. The fourth-order valence-electron chi connectivity index (χ4n) is 1.16. The fourth-order valence-corrected chi connectivity index (χ4v) is 2.14. The maximum Gasteiger partial charge on any atom is 0.197 e. The Morgan fingerprint density at radius 3 is 2.93 bits per heavy atom. The monoisotopic (exact) mass is 287 g/mol. The highest BCUT2D eigenvalue weighted by Gasteiger charge is 2.09. The zero-order chi connectivity index (χ0) is 10.8. The number of rotatable bonds is 2. The molecule has 1 aromatic heterocycles. The molecule has 0 unspecified atom stereocenters. The fraction of sp³-hybridized carbons (Fsp3) is 0. The Morgan fingerprint density at radius 2 is 2.27 bits per heavy atom. The maximum absolute atomic E-state index is 13.5. The van der Waals surface area contributed by atoms with Crippen molar-refractivity contribution in [3.8, 4) is 11.3 Å². The van der Waals surface area contributed by atoms with Crippen LogP contribution in [0.2, 0.25) is 0 Å². The molecule has 0 spiro atoms. The number of hydrogen-bond donors (Lipinski definition) is 2. The van der Waals surface area contributed by atoms with Gasteiger partial charge in [0.05, 0.1) is 5.69 Å². The lowest BCUT2D eigenvalue weighted by Crippen LogP contribution is -2.05. The van der Waals surface area contributed by atoms with Crippen LogP contribution >= 0.6 is 27.3 Å². The molecule has 0 saturated carbocycles. The lowest BCUT2D eigenvalue weighted by Gasteiger charge is -1.99. The lowest BCUT2D eigenvalue weighted by molar-refractivity contribution is 0.630. The summed E-state index contributed by atoms with van der Waals surface area (Å²) in [5.74, 6) is 4.91. The van der Waals surface area contributed by atoms with Crippen LogP contribution in [0.15, 0.2) is 28.1 Å². The van der Waals surface area contributed by atoms with Gasteiger partial charge in [-0.3, -0.25) is 5.43 Å². The summed E-state index contributed by atoms with van der Waals surface area (Å²) < 4.78 is 14.3. The largest absolute Gasteiger partial charge is 0.300 e. The quantitative estimate of drug-likeness (QED) is 0.659. The minimum absolute atomic E-state index is 0.299. The second-order valence-electron chi connectivity index (χ2n) is 2.81. The first-order valence-corrected chi connectivity index (χ1v) is 5.75. The van der Waals surface area contributed by atoms with E-state index in [1.807, 2.05) is 0 Å². The minimum Gasteiger partial charge on any atom is -0.300 e. The first kappa shape index (κ1) is 10.5. The maximum atomic E-state index is 13.5. The van der Waals surface area contributed by atoms with E-state index in [-0.39, 0.29) is 5.82 Å². The summed E-state index contributed by atoms with van der Waals surface area (Å²) in [6.45, 7) is 0. The molecule has 0 saturated heterocycles. The average Bonchev–Trinajstić information content (AvgIpc) is 2.70. The number of nitrogen functional groups attached to an aromatic ring is 1. The van der Waals surface area contributed by atoms with Gasteiger partial charge in [-0.05, 0) is 18.2 Å². The summed E-state index contributed by atoms with van der Waals surface area (Å²) in [6, 6.07) is 4.73. The van der Waals surface area contributed by atoms with E-state index in [1.54, 1.807) is 17.5 Å². The number of benzene rings is 1. The molecule has 0 aliphatic carbocycles. The molecule has 0 aliphatic rings. The molecule has 2 rings (SSSR count). The summed E-state index contributed by atoms with van der Waals surface area (Å²) in [5.41, 5.74) is 3.46. The van der Waals surface area contributed by atoms with Gasteiger partial charge in [-0.1, -0.05) is 15.9 Å². The van der Waals surface area contributed by atoms with Crippen molar-refractivity contribution < 1.29 is 4.39 Å². The second-order valence-corrected chi connectivity index (χ2v) is 4.58. The van der Waals surface area contributed by atoms with E-state index in [9.17, 15) is 4.39 Å². The zero-order valence-electron chi connectivity index (χ0n) is 7.50. The first-order chi connectivity index (χ1) is 7.20. The van der Waals surface area contributed by atoms with Crippen LogP contribution in [0.25, 0.3) is 11.3 Å². The predicted molar refractivity (Wildman–Crippen MR) is 63.0 cm³/mol. The van der Waals surface area contributed by atoms with Crippen molar-refractivity contribution in [1.82, 2.24) is 4.98 Å². The van der Waals surface area contributed by atoms with Crippen LogP contribution in [0.1, 0.15) is 0 Å². The topological polar surface area (TPSA) is 50.9 Å². The van der Waals surface area contributed by atoms with Crippen LogP contribution in [-0.4, -0.2) is 4.98 Å². The molecule has 1 aromatic carbocycles. The minimum atomic E-state index is -0.299. The third-order valence-corrected chi connectivity index (χ3v) is 3.10. The number of thiazole rings is 1. The van der Waals surface area contributed by atoms with Crippen LogP contribution < -0.4 is 11.3 Å². The molecular formula is C9H7BrFN3S. The smallest absolute Gasteiger partial charge is 0.197 e. The van der Waals surface area contributed by atoms with E-state index < -0.39 is 0 Å². The summed E-state index contributed by atoms with van der Waals surface area (Å²) in [5, 5.41) is 2.31. The normalized spacial score (nSPS) is 10.3. The molecule has 0 aliphatic heterocycles. The highest BCUT2D eigenvalue weighted by atomic mass is 79.9. The van der Waals surface area contributed by atoms with Crippen molar-refractivity contribution in [1.29, 1.82) is 0 Å².